The summed E-state index contributed by atoms with van der Waals surface area (Å²) in [5, 5.41) is 20.5. The molecule has 8 heteroatoms. The third-order valence-corrected chi connectivity index (χ3v) is 5.16. The monoisotopic (exact) mass is 348 g/mol. The Morgan fingerprint density at radius 2 is 2.33 bits per heavy atom. The molecule has 0 aromatic carbocycles. The third kappa shape index (κ3) is 4.01. The van der Waals surface area contributed by atoms with Gasteiger partial charge >= 0.3 is 5.97 Å². The fraction of sp³-hybridized carbons (Fsp3) is 0.438. The van der Waals surface area contributed by atoms with Crippen LogP contribution < -0.4 is 5.32 Å². The number of likely N-dealkylation sites (tertiary alicyclic amines) is 1. The number of hydrogen-bond donors (Lipinski definition) is 3. The van der Waals surface area contributed by atoms with Gasteiger partial charge in [0.25, 0.3) is 0 Å². The first-order valence-corrected chi connectivity index (χ1v) is 8.83. The Balaban J connectivity index is 1.49. The Morgan fingerprint density at radius 1 is 1.46 bits per heavy atom. The number of thiophene rings is 1. The van der Waals surface area contributed by atoms with Crippen LogP contribution in [-0.4, -0.2) is 51.7 Å². The lowest BCUT2D eigenvalue weighted by Gasteiger charge is -2.31. The van der Waals surface area contributed by atoms with Crippen molar-refractivity contribution in [3.63, 3.8) is 0 Å². The number of carbonyl (C=O) groups is 2. The maximum absolute atomic E-state index is 12.1. The van der Waals surface area contributed by atoms with Crippen molar-refractivity contribution in [1.82, 2.24) is 15.1 Å². The van der Waals surface area contributed by atoms with E-state index in [2.05, 4.69) is 20.4 Å². The average molecular weight is 348 g/mol. The molecule has 1 fully saturated rings. The molecule has 0 spiro atoms. The van der Waals surface area contributed by atoms with Gasteiger partial charge in [-0.05, 0) is 36.9 Å². The number of rotatable bonds is 6. The highest BCUT2D eigenvalue weighted by atomic mass is 32.1. The van der Waals surface area contributed by atoms with Gasteiger partial charge in [0.05, 0.1) is 5.69 Å². The molecule has 1 saturated heterocycles. The molecule has 7 nitrogen and oxygen atoms in total. The van der Waals surface area contributed by atoms with Gasteiger partial charge in [-0.15, -0.1) is 11.3 Å². The van der Waals surface area contributed by atoms with Crippen LogP contribution in [0.3, 0.4) is 0 Å². The molecule has 0 radical (unpaired) electrons. The first-order valence-electron chi connectivity index (χ1n) is 7.95. The van der Waals surface area contributed by atoms with Crippen molar-refractivity contribution >= 4 is 28.9 Å². The maximum Gasteiger partial charge on any atom is 0.348 e. The van der Waals surface area contributed by atoms with E-state index in [1.165, 1.54) is 0 Å². The van der Waals surface area contributed by atoms with Gasteiger partial charge < -0.3 is 15.3 Å². The largest absolute Gasteiger partial charge is 0.477 e. The van der Waals surface area contributed by atoms with Crippen LogP contribution in [0.1, 0.15) is 40.5 Å². The topological polar surface area (TPSA) is 98.3 Å². The van der Waals surface area contributed by atoms with Gasteiger partial charge in [-0.25, -0.2) is 4.79 Å². The van der Waals surface area contributed by atoms with Crippen molar-refractivity contribution in [1.29, 1.82) is 0 Å². The Kier molecular flexibility index (Phi) is 5.27. The van der Waals surface area contributed by atoms with Gasteiger partial charge in [0.1, 0.15) is 4.88 Å². The van der Waals surface area contributed by atoms with E-state index in [-0.39, 0.29) is 10.8 Å². The molecule has 0 unspecified atom stereocenters. The molecule has 128 valence electrons. The van der Waals surface area contributed by atoms with Crippen LogP contribution in [0.2, 0.25) is 0 Å². The zero-order valence-corrected chi connectivity index (χ0v) is 14.0. The van der Waals surface area contributed by atoms with Crippen LogP contribution in [-0.2, 0) is 4.79 Å². The van der Waals surface area contributed by atoms with Gasteiger partial charge in [-0.3, -0.25) is 9.89 Å². The van der Waals surface area contributed by atoms with E-state index < -0.39 is 5.97 Å². The molecule has 3 heterocycles. The first-order chi connectivity index (χ1) is 11.6. The molecule has 0 saturated carbocycles. The summed E-state index contributed by atoms with van der Waals surface area (Å²) in [6, 6.07) is 3.63. The van der Waals surface area contributed by atoms with E-state index in [1.54, 1.807) is 17.6 Å². The van der Waals surface area contributed by atoms with Gasteiger partial charge in [-0.2, -0.15) is 5.10 Å². The molecule has 1 amide bonds. The molecule has 0 aliphatic carbocycles. The van der Waals surface area contributed by atoms with Crippen molar-refractivity contribution in [2.75, 3.05) is 25.0 Å². The summed E-state index contributed by atoms with van der Waals surface area (Å²) in [5.41, 5.74) is 1.53. The summed E-state index contributed by atoms with van der Waals surface area (Å²) in [6.45, 7) is 2.56. The minimum absolute atomic E-state index is 0.153. The number of carbonyl (C=O) groups excluding carboxylic acids is 1. The summed E-state index contributed by atoms with van der Waals surface area (Å²) >= 11 is 1.11. The number of nitrogens with zero attached hydrogens (tertiary/aromatic N) is 2. The van der Waals surface area contributed by atoms with Gasteiger partial charge in [0.2, 0.25) is 5.91 Å². The Hall–Kier alpha value is -2.19. The smallest absolute Gasteiger partial charge is 0.348 e. The van der Waals surface area contributed by atoms with E-state index in [9.17, 15) is 9.59 Å². The number of aromatic amines is 1. The zero-order chi connectivity index (χ0) is 16.9. The number of aromatic nitrogens is 2. The van der Waals surface area contributed by atoms with Gasteiger partial charge in [0.15, 0.2) is 0 Å². The zero-order valence-electron chi connectivity index (χ0n) is 13.2. The number of piperidine rings is 1. The molecule has 3 N–H and O–H groups in total. The molecule has 1 aliphatic heterocycles. The van der Waals surface area contributed by atoms with Gasteiger partial charge in [-0.1, -0.05) is 0 Å². The predicted molar refractivity (Wildman–Crippen MR) is 91.5 cm³/mol. The molecular formula is C16H20N4O3S. The number of carboxylic acid groups (broad SMARTS) is 1. The third-order valence-electron chi connectivity index (χ3n) is 4.26. The molecule has 0 bridgehead atoms. The number of carboxylic acids is 1. The number of hydrogen-bond acceptors (Lipinski definition) is 5. The van der Waals surface area contributed by atoms with E-state index in [0.29, 0.717) is 24.6 Å². The van der Waals surface area contributed by atoms with Gasteiger partial charge in [0, 0.05) is 37.3 Å². The lowest BCUT2D eigenvalue weighted by molar-refractivity contribution is -0.116. The molecule has 1 aliphatic rings. The molecule has 24 heavy (non-hydrogen) atoms. The number of H-pyrrole nitrogens is 1. The van der Waals surface area contributed by atoms with E-state index >= 15 is 0 Å². The average Bonchev–Trinajstić information content (AvgIpc) is 3.25. The minimum atomic E-state index is -1.02. The van der Waals surface area contributed by atoms with Crippen LogP contribution in [0.5, 0.6) is 0 Å². The molecule has 1 atom stereocenters. The van der Waals surface area contributed by atoms with Crippen molar-refractivity contribution in [2.45, 2.75) is 25.2 Å². The number of amides is 1. The summed E-state index contributed by atoms with van der Waals surface area (Å²) in [7, 11) is 0. The molecule has 2 aromatic rings. The fourth-order valence-corrected chi connectivity index (χ4v) is 3.74. The molecular weight excluding hydrogens is 328 g/mol. The van der Waals surface area contributed by atoms with Crippen LogP contribution in [0.4, 0.5) is 5.69 Å². The highest BCUT2D eigenvalue weighted by Crippen LogP contribution is 2.25. The SMILES string of the molecule is O=C(CCN1CCC[C@H](c2ccn[nH]2)C1)Nc1ccsc1C(=O)O. The van der Waals surface area contributed by atoms with Crippen LogP contribution in [0, 0.1) is 0 Å². The standard InChI is InChI=1S/C16H20N4O3S/c21-14(18-13-5-9-24-15(13)16(22)23)4-8-20-7-1-2-11(10-20)12-3-6-17-19-12/h3,5-6,9,11H,1-2,4,7-8,10H2,(H,17,19)(H,18,21)(H,22,23)/t11-/m0/s1. The normalized spacial score (nSPS) is 18.4. The van der Waals surface area contributed by atoms with E-state index in [0.717, 1.165) is 43.0 Å². The van der Waals surface area contributed by atoms with Crippen LogP contribution >= 0.6 is 11.3 Å². The lowest BCUT2D eigenvalue weighted by atomic mass is 9.95. The number of aromatic carboxylic acids is 1. The lowest BCUT2D eigenvalue weighted by Crippen LogP contribution is -2.36. The predicted octanol–water partition coefficient (Wildman–Crippen LogP) is 2.38. The highest BCUT2D eigenvalue weighted by molar-refractivity contribution is 7.12. The van der Waals surface area contributed by atoms with Crippen molar-refractivity contribution in [3.8, 4) is 0 Å². The Labute approximate surface area is 143 Å². The van der Waals surface area contributed by atoms with Crippen molar-refractivity contribution < 1.29 is 14.7 Å². The van der Waals surface area contributed by atoms with Crippen LogP contribution in [0.15, 0.2) is 23.7 Å². The summed E-state index contributed by atoms with van der Waals surface area (Å²) < 4.78 is 0. The van der Waals surface area contributed by atoms with Crippen molar-refractivity contribution in [2.24, 2.45) is 0 Å². The summed E-state index contributed by atoms with van der Waals surface area (Å²) in [4.78, 5) is 25.6. The van der Waals surface area contributed by atoms with Crippen molar-refractivity contribution in [3.05, 3.63) is 34.3 Å². The molecule has 2 aromatic heterocycles. The summed E-state index contributed by atoms with van der Waals surface area (Å²) in [6.07, 6.45) is 4.34. The second kappa shape index (κ2) is 7.59. The van der Waals surface area contributed by atoms with E-state index in [4.69, 9.17) is 5.11 Å². The second-order valence-electron chi connectivity index (χ2n) is 5.92. The maximum atomic E-state index is 12.1. The van der Waals surface area contributed by atoms with E-state index in [1.807, 2.05) is 6.07 Å². The first kappa shape index (κ1) is 16.7. The second-order valence-corrected chi connectivity index (χ2v) is 6.83. The Morgan fingerprint density at radius 3 is 3.08 bits per heavy atom. The summed E-state index contributed by atoms with van der Waals surface area (Å²) in [5.74, 6) is -0.738. The number of anilines is 1. The Bertz CT molecular complexity index is 698. The number of nitrogens with one attached hydrogen (secondary N) is 2. The fourth-order valence-electron chi connectivity index (χ4n) is 3.05. The highest BCUT2D eigenvalue weighted by Gasteiger charge is 2.22. The minimum Gasteiger partial charge on any atom is -0.477 e. The molecule has 3 rings (SSSR count). The van der Waals surface area contributed by atoms with Crippen LogP contribution in [0.25, 0.3) is 0 Å². The quantitative estimate of drug-likeness (QED) is 0.744.